The summed E-state index contributed by atoms with van der Waals surface area (Å²) < 4.78 is 4.66. The molecule has 1 heterocycles. The molecule has 1 rings (SSSR count). The average molecular weight is 92.5 g/mol. The predicted molar refractivity (Wildman–Crippen MR) is 20.2 cm³/mol. The molecule has 1 nitrogen and oxygen atoms in total. The van der Waals surface area contributed by atoms with Crippen LogP contribution in [0.1, 0.15) is 6.92 Å². The van der Waals surface area contributed by atoms with Gasteiger partial charge in [-0.3, -0.25) is 0 Å². The zero-order valence-corrected chi connectivity index (χ0v) is 3.75. The summed E-state index contributed by atoms with van der Waals surface area (Å²) in [7, 11) is 0. The van der Waals surface area contributed by atoms with E-state index in [9.17, 15) is 0 Å². The molecule has 0 saturated carbocycles. The minimum Gasteiger partial charge on any atom is -0.353 e. The summed E-state index contributed by atoms with van der Waals surface area (Å²) in [6, 6.07) is 0. The first kappa shape index (κ1) is 3.44. The van der Waals surface area contributed by atoms with E-state index in [4.69, 9.17) is 11.6 Å². The van der Waals surface area contributed by atoms with Gasteiger partial charge in [0.25, 0.3) is 0 Å². The molecule has 0 amide bonds. The van der Waals surface area contributed by atoms with Crippen molar-refractivity contribution < 1.29 is 4.74 Å². The first-order valence-corrected chi connectivity index (χ1v) is 1.91. The van der Waals surface area contributed by atoms with E-state index in [1.54, 1.807) is 0 Å². The van der Waals surface area contributed by atoms with Crippen LogP contribution >= 0.6 is 11.6 Å². The molecule has 30 valence electrons. The second-order valence-electron chi connectivity index (χ2n) is 1.39. The maximum absolute atomic E-state index is 5.42. The van der Waals surface area contributed by atoms with Crippen molar-refractivity contribution in [3.05, 3.63) is 0 Å². The van der Waals surface area contributed by atoms with Crippen LogP contribution in [0, 0.1) is 0 Å². The Labute approximate surface area is 35.9 Å². The topological polar surface area (TPSA) is 12.5 Å². The molecule has 1 unspecified atom stereocenters. The summed E-state index contributed by atoms with van der Waals surface area (Å²) in [5.74, 6) is 0. The summed E-state index contributed by atoms with van der Waals surface area (Å²) in [5, 5.41) is -0.278. The number of hydrogen-bond acceptors (Lipinski definition) is 1. The highest BCUT2D eigenvalue weighted by Crippen LogP contribution is 2.29. The summed E-state index contributed by atoms with van der Waals surface area (Å²) in [6.45, 7) is 2.56. The van der Waals surface area contributed by atoms with Crippen molar-refractivity contribution in [2.45, 2.75) is 12.0 Å². The van der Waals surface area contributed by atoms with Gasteiger partial charge in [-0.1, -0.05) is 11.6 Å². The van der Waals surface area contributed by atoms with Crippen LogP contribution in [0.2, 0.25) is 0 Å². The van der Waals surface area contributed by atoms with Gasteiger partial charge in [0.05, 0.1) is 6.61 Å². The molecule has 1 aliphatic rings. The molecule has 1 aliphatic heterocycles. The second-order valence-corrected chi connectivity index (χ2v) is 2.19. The fraction of sp³-hybridized carbons (Fsp3) is 1.00. The first-order valence-electron chi connectivity index (χ1n) is 1.54. The molecule has 0 bridgehead atoms. The third-order valence-electron chi connectivity index (χ3n) is 0.542. The standard InChI is InChI=1S/C3H5ClO/c1-3(4)2-5-3/h2H2,1H3. The SMILES string of the molecule is CC1(Cl)CO1. The second kappa shape index (κ2) is 0.660. The van der Waals surface area contributed by atoms with E-state index in [1.165, 1.54) is 0 Å². The van der Waals surface area contributed by atoms with Crippen LogP contribution in [0.15, 0.2) is 0 Å². The minimum absolute atomic E-state index is 0.278. The highest BCUT2D eigenvalue weighted by atomic mass is 35.5. The third-order valence-corrected chi connectivity index (χ3v) is 0.760. The van der Waals surface area contributed by atoms with E-state index >= 15 is 0 Å². The van der Waals surface area contributed by atoms with Crippen molar-refractivity contribution >= 4 is 11.6 Å². The predicted octanol–water partition coefficient (Wildman–Crippen LogP) is 0.972. The molecular formula is C3H5ClO. The Kier molecular flexibility index (Phi) is 0.454. The Hall–Kier alpha value is 0.250. The van der Waals surface area contributed by atoms with Gasteiger partial charge >= 0.3 is 0 Å². The van der Waals surface area contributed by atoms with Crippen molar-refractivity contribution in [2.24, 2.45) is 0 Å². The number of rotatable bonds is 0. The fourth-order valence-electron chi connectivity index (χ4n) is 0.0994. The Morgan fingerprint density at radius 3 is 2.20 bits per heavy atom. The van der Waals surface area contributed by atoms with E-state index < -0.39 is 0 Å². The number of epoxide rings is 1. The van der Waals surface area contributed by atoms with Gasteiger partial charge in [-0.25, -0.2) is 0 Å². The van der Waals surface area contributed by atoms with Gasteiger partial charge in [0.1, 0.15) is 0 Å². The van der Waals surface area contributed by atoms with E-state index in [0.29, 0.717) is 6.61 Å². The van der Waals surface area contributed by atoms with Crippen LogP contribution in [0.3, 0.4) is 0 Å². The molecule has 1 atom stereocenters. The van der Waals surface area contributed by atoms with Crippen LogP contribution in [-0.4, -0.2) is 11.7 Å². The number of halogens is 1. The molecule has 0 aromatic carbocycles. The smallest absolute Gasteiger partial charge is 0.162 e. The summed E-state index contributed by atoms with van der Waals surface area (Å²) in [6.07, 6.45) is 0. The average Bonchev–Trinajstić information content (AvgIpc) is 1.76. The van der Waals surface area contributed by atoms with Crippen LogP contribution < -0.4 is 0 Å². The van der Waals surface area contributed by atoms with Gasteiger partial charge in [0, 0.05) is 0 Å². The van der Waals surface area contributed by atoms with Crippen molar-refractivity contribution in [3.8, 4) is 0 Å². The van der Waals surface area contributed by atoms with E-state index in [-0.39, 0.29) is 5.06 Å². The lowest BCUT2D eigenvalue weighted by molar-refractivity contribution is 0.397. The van der Waals surface area contributed by atoms with Crippen molar-refractivity contribution in [2.75, 3.05) is 6.61 Å². The Morgan fingerprint density at radius 2 is 2.20 bits per heavy atom. The van der Waals surface area contributed by atoms with E-state index in [1.807, 2.05) is 6.92 Å². The van der Waals surface area contributed by atoms with Crippen molar-refractivity contribution in [1.29, 1.82) is 0 Å². The Morgan fingerprint density at radius 1 is 2.00 bits per heavy atom. The van der Waals surface area contributed by atoms with Crippen LogP contribution in [0.4, 0.5) is 0 Å². The van der Waals surface area contributed by atoms with Crippen molar-refractivity contribution in [1.82, 2.24) is 0 Å². The monoisotopic (exact) mass is 92.0 g/mol. The van der Waals surface area contributed by atoms with Crippen LogP contribution in [0.5, 0.6) is 0 Å². The molecule has 0 N–H and O–H groups in total. The maximum atomic E-state index is 5.42. The van der Waals surface area contributed by atoms with Gasteiger partial charge < -0.3 is 4.74 Å². The number of ether oxygens (including phenoxy) is 1. The summed E-state index contributed by atoms with van der Waals surface area (Å²) in [5.41, 5.74) is 0. The lowest BCUT2D eigenvalue weighted by atomic mass is 10.6. The van der Waals surface area contributed by atoms with Crippen molar-refractivity contribution in [3.63, 3.8) is 0 Å². The molecule has 2 heteroatoms. The lowest BCUT2D eigenvalue weighted by Gasteiger charge is -1.78. The normalized spacial score (nSPS) is 49.2. The fourth-order valence-corrected chi connectivity index (χ4v) is 0.154. The van der Waals surface area contributed by atoms with Crippen LogP contribution in [0.25, 0.3) is 0 Å². The molecule has 0 aromatic rings. The Balaban J connectivity index is 2.38. The molecule has 5 heavy (non-hydrogen) atoms. The number of alkyl halides is 1. The largest absolute Gasteiger partial charge is 0.353 e. The van der Waals surface area contributed by atoms with Gasteiger partial charge in [0.15, 0.2) is 5.06 Å². The molecule has 1 fully saturated rings. The zero-order valence-electron chi connectivity index (χ0n) is 2.99. The lowest BCUT2D eigenvalue weighted by Crippen LogP contribution is -1.84. The summed E-state index contributed by atoms with van der Waals surface area (Å²) >= 11 is 5.42. The molecule has 0 radical (unpaired) electrons. The quantitative estimate of drug-likeness (QED) is 0.320. The highest BCUT2D eigenvalue weighted by Gasteiger charge is 2.35. The first-order chi connectivity index (χ1) is 2.21. The van der Waals surface area contributed by atoms with Gasteiger partial charge in [0.2, 0.25) is 0 Å². The van der Waals surface area contributed by atoms with Gasteiger partial charge in [-0.15, -0.1) is 0 Å². The third kappa shape index (κ3) is 0.781. The molecule has 0 spiro atoms. The highest BCUT2D eigenvalue weighted by molar-refractivity contribution is 6.24. The molecule has 1 saturated heterocycles. The van der Waals surface area contributed by atoms with Gasteiger partial charge in [-0.05, 0) is 6.92 Å². The minimum atomic E-state index is -0.278. The van der Waals surface area contributed by atoms with Crippen LogP contribution in [-0.2, 0) is 4.74 Å². The Bertz CT molecular complexity index is 44.9. The molecule has 0 aromatic heterocycles. The van der Waals surface area contributed by atoms with Gasteiger partial charge in [-0.2, -0.15) is 0 Å². The molecular weight excluding hydrogens is 87.5 g/mol. The van der Waals surface area contributed by atoms with E-state index in [2.05, 4.69) is 4.74 Å². The summed E-state index contributed by atoms with van der Waals surface area (Å²) in [4.78, 5) is 0. The van der Waals surface area contributed by atoms with E-state index in [0.717, 1.165) is 0 Å². The molecule has 0 aliphatic carbocycles. The maximum Gasteiger partial charge on any atom is 0.162 e. The zero-order chi connectivity index (χ0) is 3.91. The number of hydrogen-bond donors (Lipinski definition) is 0.